The number of benzene rings is 2. The van der Waals surface area contributed by atoms with E-state index in [1.165, 1.54) is 16.9 Å². The minimum Gasteiger partial charge on any atom is -0.632 e. The van der Waals surface area contributed by atoms with Gasteiger partial charge in [-0.05, 0) is 48.0 Å². The summed E-state index contributed by atoms with van der Waals surface area (Å²) >= 11 is 0. The van der Waals surface area contributed by atoms with Crippen LogP contribution in [0.3, 0.4) is 0 Å². The van der Waals surface area contributed by atoms with Crippen LogP contribution in [-0.2, 0) is 84.3 Å². The first-order valence-corrected chi connectivity index (χ1v) is 27.2. The quantitative estimate of drug-likeness (QED) is 0.118. The Morgan fingerprint density at radius 3 is 1.09 bits per heavy atom. The van der Waals surface area contributed by atoms with Crippen molar-refractivity contribution in [1.29, 1.82) is 0 Å². The van der Waals surface area contributed by atoms with Crippen LogP contribution in [0.5, 0.6) is 0 Å². The Labute approximate surface area is 532 Å². The van der Waals surface area contributed by atoms with Gasteiger partial charge in [-0.1, -0.05) is 266 Å². The largest absolute Gasteiger partial charge is 2.00 e. The van der Waals surface area contributed by atoms with Crippen LogP contribution in [0.15, 0.2) is 128 Å². The van der Waals surface area contributed by atoms with E-state index in [2.05, 4.69) is 287 Å². The molecule has 12 nitrogen and oxygen atoms in total. The number of aromatic nitrogens is 4. The van der Waals surface area contributed by atoms with Crippen molar-refractivity contribution in [3.05, 3.63) is 160 Å². The van der Waals surface area contributed by atoms with Crippen LogP contribution in [0.2, 0.25) is 77.5 Å². The van der Waals surface area contributed by atoms with E-state index < -0.39 is 0 Å². The van der Waals surface area contributed by atoms with Gasteiger partial charge in [0.1, 0.15) is 27.4 Å². The zero-order chi connectivity index (χ0) is 53.6. The molecule has 0 radical (unpaired) electrons. The van der Waals surface area contributed by atoms with Crippen LogP contribution in [0.4, 0.5) is 34.6 Å². The fraction of sp³-hybridized carbons (Fsp3) is 0.407. The third kappa shape index (κ3) is 16.2. The predicted molar refractivity (Wildman–Crippen MR) is 329 cm³/mol. The van der Waals surface area contributed by atoms with E-state index in [4.69, 9.17) is 0 Å². The van der Waals surface area contributed by atoms with E-state index in [1.54, 1.807) is 0 Å². The van der Waals surface area contributed by atoms with Crippen LogP contribution in [-0.4, -0.2) is 78.5 Å². The minimum absolute atomic E-state index is 0. The molecule has 4 aliphatic heterocycles. The second kappa shape index (κ2) is 31.3. The fourth-order valence-corrected chi connectivity index (χ4v) is 11.5. The van der Waals surface area contributed by atoms with Crippen molar-refractivity contribution < 1.29 is 84.3 Å². The molecule has 6 aromatic rings. The van der Waals surface area contributed by atoms with Gasteiger partial charge >= 0.3 is 84.3 Å². The van der Waals surface area contributed by atoms with E-state index in [0.29, 0.717) is 77.6 Å². The minimum atomic E-state index is 0. The number of rotatable bonds is 6. The first-order valence-electron chi connectivity index (χ1n) is 27.2. The topological polar surface area (TPSA) is 82.3 Å². The van der Waals surface area contributed by atoms with Crippen molar-refractivity contribution in [2.24, 2.45) is 5.41 Å². The summed E-state index contributed by atoms with van der Waals surface area (Å²) in [5.41, 5.74) is 6.26. The molecule has 4 aromatic heterocycles. The Balaban J connectivity index is 0.000000272. The van der Waals surface area contributed by atoms with Crippen molar-refractivity contribution in [2.75, 3.05) is 43.0 Å². The van der Waals surface area contributed by atoms with E-state index in [9.17, 15) is 0 Å². The van der Waals surface area contributed by atoms with Gasteiger partial charge in [0.25, 0.3) is 0 Å². The van der Waals surface area contributed by atoms with Gasteiger partial charge < -0.3 is 58.4 Å². The summed E-state index contributed by atoms with van der Waals surface area (Å²) in [6.45, 7) is 47.1. The van der Waals surface area contributed by atoms with Gasteiger partial charge in [-0.3, -0.25) is 26.7 Å². The molecule has 420 valence electrons. The summed E-state index contributed by atoms with van der Waals surface area (Å²) in [6, 6.07) is 35.4. The number of hydrogen-bond donors (Lipinski definition) is 0. The molecule has 4 fully saturated rings. The van der Waals surface area contributed by atoms with Crippen molar-refractivity contribution in [3.63, 3.8) is 0 Å². The van der Waals surface area contributed by atoms with E-state index in [0.717, 1.165) is 23.3 Å². The number of para-hydroxylation sites is 2. The van der Waals surface area contributed by atoms with Crippen LogP contribution in [0, 0.1) is 39.0 Å². The molecular weight excluding hydrogens is 1680 g/mol. The summed E-state index contributed by atoms with van der Waals surface area (Å²) in [5.74, 6) is 4.20. The van der Waals surface area contributed by atoms with E-state index in [1.807, 2.05) is 43.0 Å². The fourth-order valence-electron chi connectivity index (χ4n) is 11.5. The van der Waals surface area contributed by atoms with Gasteiger partial charge in [0.05, 0.1) is 0 Å². The molecule has 4 atom stereocenters. The molecule has 4 saturated heterocycles. The normalized spacial score (nSPS) is 20.1. The van der Waals surface area contributed by atoms with Gasteiger partial charge in [0, 0.05) is 0 Å². The Bertz CT molecular complexity index is 2550. The summed E-state index contributed by atoms with van der Waals surface area (Å²) in [5, 5.41) is 0. The zero-order valence-corrected chi connectivity index (χ0v) is 58.1. The average molecular weight is 1760 g/mol. The Morgan fingerprint density at radius 1 is 0.385 bits per heavy atom. The average Bonchev–Trinajstić information content (AvgIpc) is 4.27. The monoisotopic (exact) mass is 1760 g/mol. The van der Waals surface area contributed by atoms with Crippen LogP contribution in [0.1, 0.15) is 47.1 Å². The van der Waals surface area contributed by atoms with Crippen molar-refractivity contribution >= 4 is 89.4 Å². The first-order chi connectivity index (χ1) is 35.2. The molecule has 0 bridgehead atoms. The third-order valence-electron chi connectivity index (χ3n) is 17.3. The zero-order valence-electron chi connectivity index (χ0n) is 49.0. The predicted octanol–water partition coefficient (Wildman–Crippen LogP) is 11.2. The Morgan fingerprint density at radius 2 is 0.718 bits per heavy atom. The number of aryl methyl sites for hydroxylation is 1. The van der Waals surface area contributed by atoms with Crippen molar-refractivity contribution in [2.45, 2.75) is 126 Å². The number of hydrogen-bond acceptors (Lipinski definition) is 8. The molecule has 0 saturated carbocycles. The van der Waals surface area contributed by atoms with E-state index in [-0.39, 0.29) is 89.7 Å². The standard InChI is InChI=1S/C18H25B2N3.C15H19B2N3.C11H19B2N3.C10H17B2N3.4Pt/c1-18(2,3)17-19(4)22(15-10-7-6-8-11-15)14-23(20(17)5)16-12-9-13-21-16;1-13-16(2)19(14-8-5-4-6-9-14)12-20(17(13)3)15-10-7-11-18-15;1-9-6-7-14-11(9)16-8-15(5)12(3)10(2)13(16)4;1-9-11(2)14(4)8-15(12(9)3)10-6-5-7-13-10;;;;/h6-14,17H,1-5H3;4-13H,1-3H3;6-8,10H,1-5H3;5-9H,1-4H3;;;;/q4*-2;4*+2. The van der Waals surface area contributed by atoms with Crippen LogP contribution >= 0.6 is 0 Å². The number of anilines is 6. The van der Waals surface area contributed by atoms with Gasteiger partial charge in [-0.15, -0.1) is 0 Å². The molecule has 24 heteroatoms. The summed E-state index contributed by atoms with van der Waals surface area (Å²) < 4.78 is 0. The van der Waals surface area contributed by atoms with Crippen LogP contribution in [0.25, 0.3) is 0 Å². The van der Waals surface area contributed by atoms with Gasteiger partial charge in [0.15, 0.2) is 13.7 Å². The maximum absolute atomic E-state index is 4.53. The van der Waals surface area contributed by atoms with Crippen molar-refractivity contribution in [1.82, 2.24) is 29.6 Å². The number of nitrogens with zero attached hydrogens (tertiary/aromatic N) is 12. The van der Waals surface area contributed by atoms with Crippen molar-refractivity contribution in [3.8, 4) is 0 Å². The molecule has 0 amide bonds. The summed E-state index contributed by atoms with van der Waals surface area (Å²) in [6.07, 6.45) is 7.45. The molecule has 4 unspecified atom stereocenters. The Kier molecular flexibility index (Phi) is 28.0. The van der Waals surface area contributed by atoms with Gasteiger partial charge in [0.2, 0.25) is 13.7 Å². The molecule has 0 spiro atoms. The molecule has 8 heterocycles. The SMILES string of the molecule is CB1C(C(C)(C)C)B(C)N(c2ccc[n-]2)[CH-]N1c1ccccc1.CB1C(C)B(C)N(c2[n-]ccc2C)[CH-]N1C.CB1C(C)B(C)N(c2ccc[n-]2)[CH-]N1C.CB1C(C)B(C)N(c2ccc[n-]2)[CH-]N1c1ccccc1.[Pt+2].[Pt+2].[Pt+2].[Pt+2]. The maximum atomic E-state index is 4.53. The third-order valence-corrected chi connectivity index (χ3v) is 17.3. The first kappa shape index (κ1) is 69.8. The summed E-state index contributed by atoms with van der Waals surface area (Å²) in [7, 11) is 4.27. The van der Waals surface area contributed by atoms with Gasteiger partial charge in [-0.25, -0.2) is 0 Å². The second-order valence-corrected chi connectivity index (χ2v) is 22.7. The molecular formula is C54H80B8N12Pt4. The van der Waals surface area contributed by atoms with Crippen LogP contribution < -0.4 is 48.8 Å². The van der Waals surface area contributed by atoms with E-state index >= 15 is 0 Å². The molecule has 0 N–H and O–H groups in total. The summed E-state index contributed by atoms with van der Waals surface area (Å²) in [4.78, 5) is 36.2. The molecule has 0 aliphatic carbocycles. The Hall–Kier alpha value is -2.45. The molecule has 10 rings (SSSR count). The maximum Gasteiger partial charge on any atom is 2.00 e. The second-order valence-electron chi connectivity index (χ2n) is 22.7. The molecule has 2 aromatic carbocycles. The smallest absolute Gasteiger partial charge is 0.632 e. The molecule has 78 heavy (non-hydrogen) atoms. The van der Waals surface area contributed by atoms with Gasteiger partial charge in [-0.2, -0.15) is 0 Å². The molecule has 4 aliphatic rings.